The minimum atomic E-state index is -2.53. The molecule has 1 atom stereocenters. The molecule has 3 N–H and O–H groups in total. The van der Waals surface area contributed by atoms with Crippen LogP contribution >= 0.6 is 0 Å². The number of pyridine rings is 1. The summed E-state index contributed by atoms with van der Waals surface area (Å²) in [6.07, 6.45) is -1.14. The highest BCUT2D eigenvalue weighted by atomic mass is 19.3. The quantitative estimate of drug-likeness (QED) is 0.551. The van der Waals surface area contributed by atoms with E-state index in [2.05, 4.69) is 4.98 Å². The van der Waals surface area contributed by atoms with Gasteiger partial charge in [-0.15, -0.1) is 0 Å². The molecule has 0 spiro atoms. The minimum absolute atomic E-state index is 0.392. The molecular weight excluding hydrogens is 176 g/mol. The van der Waals surface area contributed by atoms with Crippen molar-refractivity contribution in [1.29, 1.82) is 0 Å². The number of nitrogens with one attached hydrogen (secondary N) is 1. The molecule has 0 saturated heterocycles. The van der Waals surface area contributed by atoms with Gasteiger partial charge in [0.2, 0.25) is 0 Å². The number of nitrogens with zero attached hydrogens (tertiary/aromatic N) is 1. The van der Waals surface area contributed by atoms with E-state index in [4.69, 9.17) is 5.84 Å². The van der Waals surface area contributed by atoms with E-state index in [1.807, 2.05) is 5.43 Å². The maximum atomic E-state index is 12.3. The molecule has 1 rings (SSSR count). The van der Waals surface area contributed by atoms with Gasteiger partial charge in [0.1, 0.15) is 6.04 Å². The third kappa shape index (κ3) is 2.43. The van der Waals surface area contributed by atoms with E-state index in [1.165, 1.54) is 6.20 Å². The predicted octanol–water partition coefficient (Wildman–Crippen LogP) is 1.16. The number of rotatable bonds is 3. The molecule has 0 amide bonds. The lowest BCUT2D eigenvalue weighted by molar-refractivity contribution is 0.0985. The molecule has 0 aliphatic carbocycles. The van der Waals surface area contributed by atoms with Gasteiger partial charge in [0, 0.05) is 11.9 Å². The van der Waals surface area contributed by atoms with Gasteiger partial charge in [-0.25, -0.2) is 14.2 Å². The van der Waals surface area contributed by atoms with Crippen LogP contribution in [-0.4, -0.2) is 11.4 Å². The van der Waals surface area contributed by atoms with Crippen molar-refractivity contribution in [3.05, 3.63) is 29.6 Å². The summed E-state index contributed by atoms with van der Waals surface area (Å²) in [6, 6.07) is 2.11. The predicted molar refractivity (Wildman–Crippen MR) is 45.0 cm³/mol. The number of hydrazine groups is 1. The molecule has 0 bridgehead atoms. The average Bonchev–Trinajstić information content (AvgIpc) is 2.09. The summed E-state index contributed by atoms with van der Waals surface area (Å²) in [4.78, 5) is 3.90. The van der Waals surface area contributed by atoms with Gasteiger partial charge in [0.15, 0.2) is 0 Å². The molecule has 0 aliphatic rings. The average molecular weight is 187 g/mol. The molecule has 1 aromatic heterocycles. The van der Waals surface area contributed by atoms with Crippen molar-refractivity contribution in [3.8, 4) is 0 Å². The smallest absolute Gasteiger partial charge is 0.259 e. The maximum absolute atomic E-state index is 12.3. The fourth-order valence-corrected chi connectivity index (χ4v) is 0.978. The van der Waals surface area contributed by atoms with Crippen molar-refractivity contribution in [2.24, 2.45) is 5.84 Å². The number of hydrogen-bond acceptors (Lipinski definition) is 3. The lowest BCUT2D eigenvalue weighted by Gasteiger charge is -2.14. The third-order valence-electron chi connectivity index (χ3n) is 1.72. The van der Waals surface area contributed by atoms with Crippen LogP contribution in [0.15, 0.2) is 18.3 Å². The summed E-state index contributed by atoms with van der Waals surface area (Å²) >= 11 is 0. The van der Waals surface area contributed by atoms with Gasteiger partial charge in [-0.05, 0) is 18.6 Å². The molecule has 0 saturated carbocycles. The standard InChI is InChI=1S/C8H11F2N3/c1-5-2-3-6(4-12-5)7(13-11)8(9)10/h2-4,7-8,13H,11H2,1H3. The van der Waals surface area contributed by atoms with Gasteiger partial charge in [-0.3, -0.25) is 10.8 Å². The first-order valence-electron chi connectivity index (χ1n) is 3.82. The molecule has 0 aromatic carbocycles. The Balaban J connectivity index is 2.86. The van der Waals surface area contributed by atoms with Crippen molar-refractivity contribution >= 4 is 0 Å². The van der Waals surface area contributed by atoms with Crippen LogP contribution in [0.3, 0.4) is 0 Å². The maximum Gasteiger partial charge on any atom is 0.259 e. The van der Waals surface area contributed by atoms with Gasteiger partial charge >= 0.3 is 0 Å². The van der Waals surface area contributed by atoms with Crippen LogP contribution in [0.5, 0.6) is 0 Å². The topological polar surface area (TPSA) is 50.9 Å². The van der Waals surface area contributed by atoms with Crippen molar-refractivity contribution in [2.75, 3.05) is 0 Å². The van der Waals surface area contributed by atoms with Crippen LogP contribution in [0.1, 0.15) is 17.3 Å². The molecule has 13 heavy (non-hydrogen) atoms. The lowest BCUT2D eigenvalue weighted by Crippen LogP contribution is -2.32. The first-order chi connectivity index (χ1) is 6.15. The first kappa shape index (κ1) is 10.0. The first-order valence-corrected chi connectivity index (χ1v) is 3.82. The van der Waals surface area contributed by atoms with Gasteiger partial charge in [-0.2, -0.15) is 0 Å². The molecule has 0 radical (unpaired) electrons. The molecule has 3 nitrogen and oxygen atoms in total. The number of aryl methyl sites for hydroxylation is 1. The molecule has 0 fully saturated rings. The van der Waals surface area contributed by atoms with Crippen LogP contribution in [0, 0.1) is 6.92 Å². The summed E-state index contributed by atoms with van der Waals surface area (Å²) in [6.45, 7) is 1.79. The fraction of sp³-hybridized carbons (Fsp3) is 0.375. The molecular formula is C8H11F2N3. The number of hydrogen-bond donors (Lipinski definition) is 2. The summed E-state index contributed by atoms with van der Waals surface area (Å²) in [5, 5.41) is 0. The van der Waals surface area contributed by atoms with E-state index < -0.39 is 12.5 Å². The second kappa shape index (κ2) is 4.25. The van der Waals surface area contributed by atoms with E-state index in [9.17, 15) is 8.78 Å². The van der Waals surface area contributed by atoms with Gasteiger partial charge < -0.3 is 0 Å². The summed E-state index contributed by atoms with van der Waals surface area (Å²) in [5.74, 6) is 4.99. The van der Waals surface area contributed by atoms with Crippen LogP contribution in [0.25, 0.3) is 0 Å². The van der Waals surface area contributed by atoms with Crippen LogP contribution in [0.2, 0.25) is 0 Å². The second-order valence-electron chi connectivity index (χ2n) is 2.71. The van der Waals surface area contributed by atoms with Gasteiger partial charge in [-0.1, -0.05) is 6.07 Å². The Morgan fingerprint density at radius 1 is 1.46 bits per heavy atom. The highest BCUT2D eigenvalue weighted by molar-refractivity contribution is 5.17. The van der Waals surface area contributed by atoms with Crippen LogP contribution in [0.4, 0.5) is 8.78 Å². The zero-order valence-corrected chi connectivity index (χ0v) is 7.17. The van der Waals surface area contributed by atoms with E-state index in [1.54, 1.807) is 19.1 Å². The molecule has 5 heteroatoms. The van der Waals surface area contributed by atoms with E-state index >= 15 is 0 Å². The molecule has 1 unspecified atom stereocenters. The molecule has 0 aliphatic heterocycles. The molecule has 72 valence electrons. The van der Waals surface area contributed by atoms with Crippen LogP contribution < -0.4 is 11.3 Å². The Morgan fingerprint density at radius 3 is 2.54 bits per heavy atom. The van der Waals surface area contributed by atoms with Crippen LogP contribution in [-0.2, 0) is 0 Å². The Labute approximate surface area is 74.9 Å². The van der Waals surface area contributed by atoms with E-state index in [0.717, 1.165) is 5.69 Å². The number of halogens is 2. The number of alkyl halides is 2. The van der Waals surface area contributed by atoms with Crippen molar-refractivity contribution in [1.82, 2.24) is 10.4 Å². The van der Waals surface area contributed by atoms with E-state index in [0.29, 0.717) is 5.56 Å². The van der Waals surface area contributed by atoms with Gasteiger partial charge in [0.05, 0.1) is 0 Å². The van der Waals surface area contributed by atoms with Crippen molar-refractivity contribution in [3.63, 3.8) is 0 Å². The Bertz CT molecular complexity index is 261. The molecule has 1 aromatic rings. The SMILES string of the molecule is Cc1ccc(C(NN)C(F)F)cn1. The third-order valence-corrected chi connectivity index (χ3v) is 1.72. The summed E-state index contributed by atoms with van der Waals surface area (Å²) < 4.78 is 24.6. The Hall–Kier alpha value is -1.07. The highest BCUT2D eigenvalue weighted by Crippen LogP contribution is 2.18. The number of aromatic nitrogens is 1. The summed E-state index contributed by atoms with van der Waals surface area (Å²) in [5.41, 5.74) is 3.22. The van der Waals surface area contributed by atoms with Gasteiger partial charge in [0.25, 0.3) is 6.43 Å². The zero-order valence-electron chi connectivity index (χ0n) is 7.17. The zero-order chi connectivity index (χ0) is 9.84. The lowest BCUT2D eigenvalue weighted by atomic mass is 10.1. The van der Waals surface area contributed by atoms with Crippen molar-refractivity contribution in [2.45, 2.75) is 19.4 Å². The minimum Gasteiger partial charge on any atom is -0.271 e. The fourth-order valence-electron chi connectivity index (χ4n) is 0.978. The monoisotopic (exact) mass is 187 g/mol. The highest BCUT2D eigenvalue weighted by Gasteiger charge is 2.20. The normalized spacial score (nSPS) is 13.3. The van der Waals surface area contributed by atoms with Crippen molar-refractivity contribution < 1.29 is 8.78 Å². The second-order valence-corrected chi connectivity index (χ2v) is 2.71. The Morgan fingerprint density at radius 2 is 2.15 bits per heavy atom. The van der Waals surface area contributed by atoms with E-state index in [-0.39, 0.29) is 0 Å². The Kier molecular flexibility index (Phi) is 3.27. The largest absolute Gasteiger partial charge is 0.271 e. The summed E-state index contributed by atoms with van der Waals surface area (Å²) in [7, 11) is 0. The number of nitrogens with two attached hydrogens (primary N) is 1. The molecule has 1 heterocycles.